The van der Waals surface area contributed by atoms with Gasteiger partial charge in [0.2, 0.25) is 10.0 Å². The van der Waals surface area contributed by atoms with Gasteiger partial charge in [-0.3, -0.25) is 0 Å². The van der Waals surface area contributed by atoms with E-state index in [0.717, 1.165) is 32.1 Å². The molecule has 0 rings (SSSR count). The van der Waals surface area contributed by atoms with Gasteiger partial charge in [-0.25, -0.2) is 13.6 Å². The quantitative estimate of drug-likeness (QED) is 0.411. The Morgan fingerprint density at radius 3 is 1.70 bits per heavy atom. The third-order valence-electron chi connectivity index (χ3n) is 3.43. The fraction of sp³-hybridized carbons (Fsp3) is 0.750. The average molecular weight is 299 g/mol. The monoisotopic (exact) mass is 299 g/mol. The van der Waals surface area contributed by atoms with E-state index in [1.165, 1.54) is 38.5 Å². The summed E-state index contributed by atoms with van der Waals surface area (Å²) in [6, 6.07) is 0. The zero-order valence-electron chi connectivity index (χ0n) is 12.6. The molecule has 0 aromatic heterocycles. The normalized spacial score (nSPS) is 11.2. The van der Waals surface area contributed by atoms with Crippen LogP contribution in [0.25, 0.3) is 0 Å². The SMILES string of the molecule is C#CCCCCCCCCCCCCC(=C)S(N)(=O)=O. The zero-order valence-corrected chi connectivity index (χ0v) is 13.4. The topological polar surface area (TPSA) is 60.2 Å². The van der Waals surface area contributed by atoms with E-state index in [1.54, 1.807) is 0 Å². The Balaban J connectivity index is 3.22. The smallest absolute Gasteiger partial charge is 0.225 e. The van der Waals surface area contributed by atoms with Crippen LogP contribution in [0.4, 0.5) is 0 Å². The number of primary sulfonamides is 1. The minimum Gasteiger partial charge on any atom is -0.225 e. The summed E-state index contributed by atoms with van der Waals surface area (Å²) < 4.78 is 21.9. The summed E-state index contributed by atoms with van der Waals surface area (Å²) in [5.74, 6) is 2.66. The van der Waals surface area contributed by atoms with E-state index in [2.05, 4.69) is 12.5 Å². The van der Waals surface area contributed by atoms with Crippen molar-refractivity contribution in [3.05, 3.63) is 11.5 Å². The lowest BCUT2D eigenvalue weighted by molar-refractivity contribution is 0.553. The maximum atomic E-state index is 10.9. The van der Waals surface area contributed by atoms with Gasteiger partial charge in [0.15, 0.2) is 0 Å². The Bertz CT molecular complexity index is 393. The van der Waals surface area contributed by atoms with Gasteiger partial charge in [0.05, 0.1) is 4.91 Å². The standard InChI is InChI=1S/C16H29NO2S/c1-3-4-5-6-7-8-9-10-11-12-13-14-15-16(2)20(17,18)19/h1H,2,4-15H2,(H2,17,18,19). The third-order valence-corrected chi connectivity index (χ3v) is 4.44. The molecule has 0 aromatic rings. The van der Waals surface area contributed by atoms with Crippen LogP contribution in [-0.2, 0) is 10.0 Å². The first-order valence-corrected chi connectivity index (χ1v) is 9.17. The lowest BCUT2D eigenvalue weighted by Gasteiger charge is -2.04. The van der Waals surface area contributed by atoms with Gasteiger partial charge in [-0.15, -0.1) is 12.3 Å². The van der Waals surface area contributed by atoms with Crippen molar-refractivity contribution in [2.24, 2.45) is 5.14 Å². The highest BCUT2D eigenvalue weighted by Crippen LogP contribution is 2.14. The number of nitrogens with two attached hydrogens (primary N) is 1. The minimum atomic E-state index is -3.52. The van der Waals surface area contributed by atoms with E-state index in [9.17, 15) is 8.42 Å². The molecular formula is C16H29NO2S. The lowest BCUT2D eigenvalue weighted by atomic mass is 10.1. The van der Waals surface area contributed by atoms with E-state index in [4.69, 9.17) is 11.6 Å². The number of terminal acetylenes is 1. The van der Waals surface area contributed by atoms with Gasteiger partial charge in [-0.2, -0.15) is 0 Å². The van der Waals surface area contributed by atoms with Crippen LogP contribution < -0.4 is 5.14 Å². The van der Waals surface area contributed by atoms with Gasteiger partial charge in [0.1, 0.15) is 0 Å². The van der Waals surface area contributed by atoms with Gasteiger partial charge in [0.25, 0.3) is 0 Å². The van der Waals surface area contributed by atoms with Crippen LogP contribution >= 0.6 is 0 Å². The van der Waals surface area contributed by atoms with Crippen molar-refractivity contribution in [3.8, 4) is 12.3 Å². The Morgan fingerprint density at radius 2 is 1.30 bits per heavy atom. The van der Waals surface area contributed by atoms with Crippen LogP contribution in [0.5, 0.6) is 0 Å². The summed E-state index contributed by atoms with van der Waals surface area (Å²) in [5.41, 5.74) is 0. The predicted octanol–water partition coefficient (Wildman–Crippen LogP) is 4.10. The molecule has 0 aromatic carbocycles. The predicted molar refractivity (Wildman–Crippen MR) is 86.5 cm³/mol. The summed E-state index contributed by atoms with van der Waals surface area (Å²) in [7, 11) is -3.52. The first-order valence-electron chi connectivity index (χ1n) is 7.62. The Labute approximate surface area is 125 Å². The summed E-state index contributed by atoms with van der Waals surface area (Å²) in [5, 5.41) is 4.98. The van der Waals surface area contributed by atoms with Crippen molar-refractivity contribution in [2.75, 3.05) is 0 Å². The molecule has 0 bridgehead atoms. The summed E-state index contributed by atoms with van der Waals surface area (Å²) >= 11 is 0. The Hall–Kier alpha value is -0.790. The highest BCUT2D eigenvalue weighted by molar-refractivity contribution is 7.93. The Morgan fingerprint density at radius 1 is 0.900 bits per heavy atom. The van der Waals surface area contributed by atoms with Gasteiger partial charge in [-0.1, -0.05) is 57.9 Å². The van der Waals surface area contributed by atoms with Crippen molar-refractivity contribution in [1.82, 2.24) is 0 Å². The molecule has 0 aliphatic carbocycles. The highest BCUT2D eigenvalue weighted by atomic mass is 32.2. The summed E-state index contributed by atoms with van der Waals surface area (Å²) in [4.78, 5) is 0.157. The molecule has 2 N–H and O–H groups in total. The van der Waals surface area contributed by atoms with Crippen molar-refractivity contribution in [2.45, 2.75) is 77.0 Å². The van der Waals surface area contributed by atoms with Gasteiger partial charge in [-0.05, 0) is 19.3 Å². The van der Waals surface area contributed by atoms with Crippen LogP contribution in [0.1, 0.15) is 77.0 Å². The number of allylic oxidation sites excluding steroid dienone is 1. The molecule has 116 valence electrons. The first kappa shape index (κ1) is 19.2. The molecule has 0 saturated carbocycles. The molecule has 3 nitrogen and oxygen atoms in total. The number of rotatable bonds is 13. The van der Waals surface area contributed by atoms with Crippen LogP contribution in [-0.4, -0.2) is 8.42 Å². The summed E-state index contributed by atoms with van der Waals surface area (Å²) in [6.45, 7) is 3.49. The molecule has 0 aliphatic heterocycles. The second-order valence-electron chi connectivity index (χ2n) is 5.32. The molecule has 0 fully saturated rings. The van der Waals surface area contributed by atoms with Crippen molar-refractivity contribution >= 4 is 10.0 Å². The van der Waals surface area contributed by atoms with E-state index in [0.29, 0.717) is 6.42 Å². The van der Waals surface area contributed by atoms with Crippen LogP contribution in [0, 0.1) is 12.3 Å². The molecule has 0 unspecified atom stereocenters. The van der Waals surface area contributed by atoms with Crippen molar-refractivity contribution < 1.29 is 8.42 Å². The largest absolute Gasteiger partial charge is 0.233 e. The third kappa shape index (κ3) is 12.3. The molecule has 0 aliphatic rings. The highest BCUT2D eigenvalue weighted by Gasteiger charge is 2.07. The molecular weight excluding hydrogens is 270 g/mol. The molecule has 0 heterocycles. The van der Waals surface area contributed by atoms with E-state index in [1.807, 2.05) is 0 Å². The minimum absolute atomic E-state index is 0.157. The van der Waals surface area contributed by atoms with Crippen molar-refractivity contribution in [1.29, 1.82) is 0 Å². The van der Waals surface area contributed by atoms with Gasteiger partial charge in [0, 0.05) is 6.42 Å². The number of hydrogen-bond donors (Lipinski definition) is 1. The zero-order chi connectivity index (χ0) is 15.3. The summed E-state index contributed by atoms with van der Waals surface area (Å²) in [6.07, 6.45) is 18.5. The molecule has 0 radical (unpaired) electrons. The number of sulfonamides is 1. The Kier molecular flexibility index (Phi) is 11.5. The van der Waals surface area contributed by atoms with Crippen molar-refractivity contribution in [3.63, 3.8) is 0 Å². The van der Waals surface area contributed by atoms with E-state index < -0.39 is 10.0 Å². The molecule has 20 heavy (non-hydrogen) atoms. The first-order chi connectivity index (χ1) is 9.48. The molecule has 0 amide bonds. The molecule has 4 heteroatoms. The molecule has 0 saturated heterocycles. The average Bonchev–Trinajstić information content (AvgIpc) is 2.38. The second kappa shape index (κ2) is 12.0. The van der Waals surface area contributed by atoms with E-state index >= 15 is 0 Å². The van der Waals surface area contributed by atoms with Crippen LogP contribution in [0.15, 0.2) is 11.5 Å². The fourth-order valence-electron chi connectivity index (χ4n) is 2.11. The lowest BCUT2D eigenvalue weighted by Crippen LogP contribution is -2.13. The van der Waals surface area contributed by atoms with Gasteiger partial charge >= 0.3 is 0 Å². The number of unbranched alkanes of at least 4 members (excludes halogenated alkanes) is 10. The second-order valence-corrected chi connectivity index (χ2v) is 6.99. The maximum absolute atomic E-state index is 10.9. The van der Waals surface area contributed by atoms with Crippen LogP contribution in [0.2, 0.25) is 0 Å². The molecule has 0 atom stereocenters. The van der Waals surface area contributed by atoms with Crippen LogP contribution in [0.3, 0.4) is 0 Å². The van der Waals surface area contributed by atoms with Gasteiger partial charge < -0.3 is 0 Å². The molecule has 0 spiro atoms. The fourth-order valence-corrected chi connectivity index (χ4v) is 2.53. The van der Waals surface area contributed by atoms with E-state index in [-0.39, 0.29) is 4.91 Å². The number of hydrogen-bond acceptors (Lipinski definition) is 2. The maximum Gasteiger partial charge on any atom is 0.233 e.